The van der Waals surface area contributed by atoms with E-state index in [4.69, 9.17) is 0 Å². The van der Waals surface area contributed by atoms with E-state index in [1.54, 1.807) is 6.92 Å². The van der Waals surface area contributed by atoms with Crippen molar-refractivity contribution in [3.63, 3.8) is 0 Å². The van der Waals surface area contributed by atoms with Crippen molar-refractivity contribution in [2.24, 2.45) is 5.41 Å². The summed E-state index contributed by atoms with van der Waals surface area (Å²) >= 11 is 0. The van der Waals surface area contributed by atoms with Crippen molar-refractivity contribution in [1.82, 2.24) is 5.32 Å². The number of rotatable bonds is 6. The molecule has 1 unspecified atom stereocenters. The van der Waals surface area contributed by atoms with Gasteiger partial charge >= 0.3 is 0 Å². The highest BCUT2D eigenvalue weighted by Crippen LogP contribution is 2.27. The van der Waals surface area contributed by atoms with Gasteiger partial charge in [-0.1, -0.05) is 32.0 Å². The Labute approximate surface area is 139 Å². The molecule has 126 valence electrons. The molecule has 0 aliphatic heterocycles. The average molecular weight is 315 g/mol. The first-order chi connectivity index (χ1) is 10.8. The smallest absolute Gasteiger partial charge is 0.226 e. The van der Waals surface area contributed by atoms with Crippen molar-refractivity contribution < 1.29 is 9.59 Å². The molecule has 1 atom stereocenters. The minimum atomic E-state index is -0.520. The van der Waals surface area contributed by atoms with E-state index in [1.165, 1.54) is 36.0 Å². The maximum absolute atomic E-state index is 12.5. The van der Waals surface area contributed by atoms with Gasteiger partial charge in [0.25, 0.3) is 0 Å². The lowest BCUT2D eigenvalue weighted by molar-refractivity contribution is -0.130. The van der Waals surface area contributed by atoms with Crippen molar-refractivity contribution in [3.8, 4) is 0 Å². The van der Waals surface area contributed by atoms with Crippen LogP contribution in [0.3, 0.4) is 0 Å². The molecule has 3 nitrogen and oxygen atoms in total. The number of aryl methyl sites for hydroxylation is 2. The molecule has 1 amide bonds. The number of amides is 1. The Morgan fingerprint density at radius 3 is 2.48 bits per heavy atom. The first kappa shape index (κ1) is 17.7. The third-order valence-electron chi connectivity index (χ3n) is 4.94. The maximum atomic E-state index is 12.5. The van der Waals surface area contributed by atoms with Crippen LogP contribution >= 0.6 is 0 Å². The monoisotopic (exact) mass is 315 g/mol. The van der Waals surface area contributed by atoms with E-state index in [1.807, 2.05) is 20.8 Å². The van der Waals surface area contributed by atoms with Gasteiger partial charge in [0.1, 0.15) is 5.78 Å². The highest BCUT2D eigenvalue weighted by molar-refractivity contribution is 5.83. The second kappa shape index (κ2) is 7.29. The number of hydrogen-bond donors (Lipinski definition) is 1. The van der Waals surface area contributed by atoms with Gasteiger partial charge in [-0.3, -0.25) is 4.79 Å². The molecule has 0 spiro atoms. The topological polar surface area (TPSA) is 46.2 Å². The predicted octanol–water partition coefficient (Wildman–Crippen LogP) is 4.14. The van der Waals surface area contributed by atoms with Crippen LogP contribution in [-0.2, 0) is 22.4 Å². The number of Topliss-reactive ketones (excluding diaryl/α,β-unsaturated/α-hetero) is 1. The molecule has 0 saturated carbocycles. The molecule has 0 bridgehead atoms. The quantitative estimate of drug-likeness (QED) is 0.857. The van der Waals surface area contributed by atoms with Crippen LogP contribution in [-0.4, -0.2) is 11.7 Å². The van der Waals surface area contributed by atoms with E-state index in [0.29, 0.717) is 12.8 Å². The van der Waals surface area contributed by atoms with E-state index < -0.39 is 5.41 Å². The number of ketones is 1. The highest BCUT2D eigenvalue weighted by atomic mass is 16.2. The van der Waals surface area contributed by atoms with Crippen molar-refractivity contribution in [2.75, 3.05) is 0 Å². The molecule has 2 rings (SSSR count). The Kier molecular flexibility index (Phi) is 5.61. The number of nitrogens with one attached hydrogen (secondary N) is 1. The lowest BCUT2D eigenvalue weighted by Crippen LogP contribution is -2.38. The third kappa shape index (κ3) is 4.66. The van der Waals surface area contributed by atoms with Gasteiger partial charge in [0, 0.05) is 11.8 Å². The van der Waals surface area contributed by atoms with Crippen LogP contribution in [0.4, 0.5) is 0 Å². The van der Waals surface area contributed by atoms with Crippen LogP contribution in [0.5, 0.6) is 0 Å². The Morgan fingerprint density at radius 2 is 1.83 bits per heavy atom. The van der Waals surface area contributed by atoms with Gasteiger partial charge in [0.15, 0.2) is 0 Å². The Bertz CT molecular complexity index is 589. The molecular weight excluding hydrogens is 286 g/mol. The van der Waals surface area contributed by atoms with Gasteiger partial charge in [-0.25, -0.2) is 0 Å². The zero-order valence-corrected chi connectivity index (χ0v) is 14.9. The van der Waals surface area contributed by atoms with Crippen molar-refractivity contribution in [1.29, 1.82) is 0 Å². The van der Waals surface area contributed by atoms with E-state index in [9.17, 15) is 9.59 Å². The molecule has 0 aromatic heterocycles. The average Bonchev–Trinajstić information content (AvgIpc) is 2.52. The molecule has 0 saturated heterocycles. The van der Waals surface area contributed by atoms with E-state index in [0.717, 1.165) is 6.42 Å². The summed E-state index contributed by atoms with van der Waals surface area (Å²) < 4.78 is 0. The maximum Gasteiger partial charge on any atom is 0.226 e. The summed E-state index contributed by atoms with van der Waals surface area (Å²) in [5.74, 6) is 0.151. The van der Waals surface area contributed by atoms with Gasteiger partial charge in [0.2, 0.25) is 5.91 Å². The Balaban J connectivity index is 2.01. The normalized spacial score (nSPS) is 15.7. The fourth-order valence-corrected chi connectivity index (χ4v) is 3.10. The Hall–Kier alpha value is -1.64. The number of carbonyl (C=O) groups is 2. The van der Waals surface area contributed by atoms with Gasteiger partial charge < -0.3 is 10.1 Å². The molecule has 1 aromatic carbocycles. The summed E-state index contributed by atoms with van der Waals surface area (Å²) in [5, 5.41) is 3.12. The number of benzene rings is 1. The van der Waals surface area contributed by atoms with E-state index in [-0.39, 0.29) is 17.7 Å². The standard InChI is InChI=1S/C20H29NO2/c1-14(22)11-12-20(3,4)19(23)21-15(2)17-10-9-16-7-5-6-8-18(16)13-17/h9-10,13,15H,5-8,11-12H2,1-4H3,(H,21,23). The first-order valence-corrected chi connectivity index (χ1v) is 8.72. The minimum absolute atomic E-state index is 0.00803. The fraction of sp³-hybridized carbons (Fsp3) is 0.600. The van der Waals surface area contributed by atoms with Crippen LogP contribution in [0.2, 0.25) is 0 Å². The number of fused-ring (bicyclic) bond motifs is 1. The zero-order chi connectivity index (χ0) is 17.0. The summed E-state index contributed by atoms with van der Waals surface area (Å²) in [5.41, 5.74) is 3.54. The van der Waals surface area contributed by atoms with Crippen molar-refractivity contribution >= 4 is 11.7 Å². The number of hydrogen-bond acceptors (Lipinski definition) is 2. The first-order valence-electron chi connectivity index (χ1n) is 8.72. The minimum Gasteiger partial charge on any atom is -0.349 e. The SMILES string of the molecule is CC(=O)CCC(C)(C)C(=O)NC(C)c1ccc2c(c1)CCCC2. The van der Waals surface area contributed by atoms with Gasteiger partial charge in [-0.15, -0.1) is 0 Å². The van der Waals surface area contributed by atoms with Gasteiger partial charge in [-0.2, -0.15) is 0 Å². The molecule has 1 aliphatic carbocycles. The Morgan fingerprint density at radius 1 is 1.17 bits per heavy atom. The summed E-state index contributed by atoms with van der Waals surface area (Å²) in [6.45, 7) is 7.42. The van der Waals surface area contributed by atoms with Crippen molar-refractivity contribution in [2.45, 2.75) is 72.3 Å². The van der Waals surface area contributed by atoms with Crippen LogP contribution < -0.4 is 5.32 Å². The van der Waals surface area contributed by atoms with Crippen LogP contribution in [0.15, 0.2) is 18.2 Å². The van der Waals surface area contributed by atoms with Crippen LogP contribution in [0.1, 0.15) is 76.1 Å². The van der Waals surface area contributed by atoms with Gasteiger partial charge in [-0.05, 0) is 62.6 Å². The predicted molar refractivity (Wildman–Crippen MR) is 93.3 cm³/mol. The lowest BCUT2D eigenvalue weighted by Gasteiger charge is -2.26. The lowest BCUT2D eigenvalue weighted by atomic mass is 9.85. The van der Waals surface area contributed by atoms with Gasteiger partial charge in [0.05, 0.1) is 6.04 Å². The van der Waals surface area contributed by atoms with Crippen molar-refractivity contribution in [3.05, 3.63) is 34.9 Å². The van der Waals surface area contributed by atoms with E-state index >= 15 is 0 Å². The molecule has 1 aromatic rings. The zero-order valence-electron chi connectivity index (χ0n) is 14.9. The molecule has 1 aliphatic rings. The van der Waals surface area contributed by atoms with Crippen LogP contribution in [0, 0.1) is 5.41 Å². The molecule has 23 heavy (non-hydrogen) atoms. The molecule has 0 radical (unpaired) electrons. The number of carbonyl (C=O) groups excluding carboxylic acids is 2. The summed E-state index contributed by atoms with van der Waals surface area (Å²) in [4.78, 5) is 23.7. The second-order valence-electron chi connectivity index (χ2n) is 7.52. The molecule has 3 heteroatoms. The molecule has 1 N–H and O–H groups in total. The largest absolute Gasteiger partial charge is 0.349 e. The summed E-state index contributed by atoms with van der Waals surface area (Å²) in [6.07, 6.45) is 5.90. The fourth-order valence-electron chi connectivity index (χ4n) is 3.10. The summed E-state index contributed by atoms with van der Waals surface area (Å²) in [7, 11) is 0. The molecular formula is C20H29NO2. The van der Waals surface area contributed by atoms with E-state index in [2.05, 4.69) is 23.5 Å². The van der Waals surface area contributed by atoms with Crippen LogP contribution in [0.25, 0.3) is 0 Å². The third-order valence-corrected chi connectivity index (χ3v) is 4.94. The molecule has 0 heterocycles. The highest BCUT2D eigenvalue weighted by Gasteiger charge is 2.29. The molecule has 0 fully saturated rings. The second-order valence-corrected chi connectivity index (χ2v) is 7.52. The summed E-state index contributed by atoms with van der Waals surface area (Å²) in [6, 6.07) is 6.60.